The topological polar surface area (TPSA) is 64.2 Å². The van der Waals surface area contributed by atoms with Crippen LogP contribution in [0.2, 0.25) is 0 Å². The average molecular weight is 260 g/mol. The molecule has 1 aromatic carbocycles. The monoisotopic (exact) mass is 260 g/mol. The highest BCUT2D eigenvalue weighted by atomic mass is 16.4. The Balaban J connectivity index is 1.63. The van der Waals surface area contributed by atoms with Crippen molar-refractivity contribution in [1.82, 2.24) is 9.88 Å². The zero-order valence-electron chi connectivity index (χ0n) is 10.6. The Labute approximate surface area is 110 Å². The van der Waals surface area contributed by atoms with Crippen molar-refractivity contribution < 1.29 is 9.21 Å². The number of carbonyl (C=O) groups is 1. The minimum absolute atomic E-state index is 0.0725. The molecule has 0 bridgehead atoms. The Bertz CT molecular complexity index is 652. The molecule has 100 valence electrons. The molecular weight excluding hydrogens is 244 g/mol. The number of carbonyl (C=O) groups excluding carboxylic acids is 1. The molecule has 1 aromatic heterocycles. The zero-order chi connectivity index (χ0) is 13.2. The van der Waals surface area contributed by atoms with Crippen molar-refractivity contribution in [2.45, 2.75) is 38.3 Å². The second-order valence-electron chi connectivity index (χ2n) is 4.93. The summed E-state index contributed by atoms with van der Waals surface area (Å²) in [7, 11) is 0. The minimum Gasteiger partial charge on any atom is -0.408 e. The molecule has 0 saturated heterocycles. The van der Waals surface area contributed by atoms with Crippen LogP contribution in [-0.4, -0.2) is 16.5 Å². The second-order valence-corrected chi connectivity index (χ2v) is 4.93. The molecule has 0 unspecified atom stereocenters. The maximum Gasteiger partial charge on any atom is 0.419 e. The Kier molecular flexibility index (Phi) is 3.11. The van der Waals surface area contributed by atoms with E-state index in [0.29, 0.717) is 31.0 Å². The van der Waals surface area contributed by atoms with Crippen LogP contribution >= 0.6 is 0 Å². The fourth-order valence-electron chi connectivity index (χ4n) is 2.15. The summed E-state index contributed by atoms with van der Waals surface area (Å²) in [6.45, 7) is 0.508. The smallest absolute Gasteiger partial charge is 0.408 e. The Hall–Kier alpha value is -2.04. The highest BCUT2D eigenvalue weighted by molar-refractivity contribution is 5.76. The van der Waals surface area contributed by atoms with Gasteiger partial charge in [0.2, 0.25) is 5.91 Å². The molecule has 1 aliphatic carbocycles. The van der Waals surface area contributed by atoms with Crippen molar-refractivity contribution in [3.8, 4) is 0 Å². The van der Waals surface area contributed by atoms with E-state index in [1.807, 2.05) is 18.2 Å². The van der Waals surface area contributed by atoms with E-state index in [0.717, 1.165) is 18.4 Å². The Morgan fingerprint density at radius 3 is 2.95 bits per heavy atom. The molecule has 5 nitrogen and oxygen atoms in total. The number of oxazole rings is 1. The summed E-state index contributed by atoms with van der Waals surface area (Å²) in [4.78, 5) is 23.2. The summed E-state index contributed by atoms with van der Waals surface area (Å²) >= 11 is 0. The summed E-state index contributed by atoms with van der Waals surface area (Å²) in [5.74, 6) is -0.285. The van der Waals surface area contributed by atoms with E-state index in [-0.39, 0.29) is 11.7 Å². The van der Waals surface area contributed by atoms with Crippen LogP contribution in [0.3, 0.4) is 0 Å². The van der Waals surface area contributed by atoms with E-state index < -0.39 is 0 Å². The molecule has 19 heavy (non-hydrogen) atoms. The van der Waals surface area contributed by atoms with Gasteiger partial charge in [0.05, 0.1) is 5.52 Å². The number of hydrogen-bond acceptors (Lipinski definition) is 3. The number of nitrogens with zero attached hydrogens (tertiary/aromatic N) is 1. The number of para-hydroxylation sites is 2. The highest BCUT2D eigenvalue weighted by Gasteiger charge is 2.22. The van der Waals surface area contributed by atoms with E-state index >= 15 is 0 Å². The minimum atomic E-state index is -0.358. The third-order valence-electron chi connectivity index (χ3n) is 3.30. The van der Waals surface area contributed by atoms with Gasteiger partial charge in [-0.3, -0.25) is 9.36 Å². The van der Waals surface area contributed by atoms with Crippen LogP contribution in [0.5, 0.6) is 0 Å². The summed E-state index contributed by atoms with van der Waals surface area (Å²) in [6, 6.07) is 7.72. The first-order chi connectivity index (χ1) is 9.24. The maximum atomic E-state index is 11.7. The lowest BCUT2D eigenvalue weighted by Gasteiger charge is -2.03. The van der Waals surface area contributed by atoms with Crippen LogP contribution < -0.4 is 11.1 Å². The molecule has 2 aromatic rings. The molecule has 3 rings (SSSR count). The third-order valence-corrected chi connectivity index (χ3v) is 3.30. The number of nitrogens with one attached hydrogen (secondary N) is 1. The fourth-order valence-corrected chi connectivity index (χ4v) is 2.15. The van der Waals surface area contributed by atoms with Gasteiger partial charge in [0.1, 0.15) is 0 Å². The number of hydrogen-bond donors (Lipinski definition) is 1. The fraction of sp³-hybridized carbons (Fsp3) is 0.429. The van der Waals surface area contributed by atoms with Gasteiger partial charge in [-0.1, -0.05) is 12.1 Å². The molecule has 1 amide bonds. The van der Waals surface area contributed by atoms with E-state index in [2.05, 4.69) is 5.32 Å². The van der Waals surface area contributed by atoms with Gasteiger partial charge >= 0.3 is 5.76 Å². The third kappa shape index (κ3) is 2.70. The standard InChI is InChI=1S/C14H16N2O3/c17-13(15-10-7-8-10)6-3-9-16-11-4-1-2-5-12(11)19-14(16)18/h1-2,4-5,10H,3,6-9H2,(H,15,17). The molecule has 1 N–H and O–H groups in total. The van der Waals surface area contributed by atoms with Crippen LogP contribution in [0.1, 0.15) is 25.7 Å². The second kappa shape index (κ2) is 4.91. The predicted molar refractivity (Wildman–Crippen MR) is 70.9 cm³/mol. The number of amides is 1. The van der Waals surface area contributed by atoms with Crippen molar-refractivity contribution in [2.24, 2.45) is 0 Å². The number of benzene rings is 1. The number of rotatable bonds is 5. The first-order valence-corrected chi connectivity index (χ1v) is 6.62. The summed E-state index contributed by atoms with van der Waals surface area (Å²) in [6.07, 6.45) is 3.28. The molecular formula is C14H16N2O3. The summed E-state index contributed by atoms with van der Waals surface area (Å²) in [5, 5.41) is 2.94. The SMILES string of the molecule is O=C(CCCn1c(=O)oc2ccccc21)NC1CC1. The summed E-state index contributed by atoms with van der Waals surface area (Å²) < 4.78 is 6.72. The van der Waals surface area contributed by atoms with Crippen LogP contribution in [-0.2, 0) is 11.3 Å². The number of aryl methyl sites for hydroxylation is 1. The van der Waals surface area contributed by atoms with E-state index in [1.54, 1.807) is 10.6 Å². The van der Waals surface area contributed by atoms with Crippen molar-refractivity contribution >= 4 is 17.0 Å². The van der Waals surface area contributed by atoms with Crippen LogP contribution in [0.25, 0.3) is 11.1 Å². The molecule has 0 atom stereocenters. The zero-order valence-corrected chi connectivity index (χ0v) is 10.6. The average Bonchev–Trinajstić information content (AvgIpc) is 3.14. The molecule has 5 heteroatoms. The van der Waals surface area contributed by atoms with Gasteiger partial charge in [0.25, 0.3) is 0 Å². The van der Waals surface area contributed by atoms with Crippen molar-refractivity contribution in [1.29, 1.82) is 0 Å². The predicted octanol–water partition coefficient (Wildman–Crippen LogP) is 1.65. The molecule has 1 aliphatic rings. The van der Waals surface area contributed by atoms with Crippen molar-refractivity contribution in [3.63, 3.8) is 0 Å². The van der Waals surface area contributed by atoms with Gasteiger partial charge in [-0.25, -0.2) is 4.79 Å². The lowest BCUT2D eigenvalue weighted by atomic mass is 10.2. The van der Waals surface area contributed by atoms with Crippen LogP contribution in [0.15, 0.2) is 33.5 Å². The molecule has 1 fully saturated rings. The first kappa shape index (κ1) is 12.0. The van der Waals surface area contributed by atoms with E-state index in [9.17, 15) is 9.59 Å². The Morgan fingerprint density at radius 1 is 1.37 bits per heavy atom. The van der Waals surface area contributed by atoms with Gasteiger partial charge in [-0.2, -0.15) is 0 Å². The number of aromatic nitrogens is 1. The highest BCUT2D eigenvalue weighted by Crippen LogP contribution is 2.18. The molecule has 1 heterocycles. The van der Waals surface area contributed by atoms with Crippen molar-refractivity contribution in [3.05, 3.63) is 34.8 Å². The van der Waals surface area contributed by atoms with Gasteiger partial charge in [0.15, 0.2) is 5.58 Å². The van der Waals surface area contributed by atoms with Gasteiger partial charge < -0.3 is 9.73 Å². The normalized spacial score (nSPS) is 14.7. The molecule has 0 radical (unpaired) electrons. The molecule has 0 spiro atoms. The van der Waals surface area contributed by atoms with Crippen LogP contribution in [0.4, 0.5) is 0 Å². The van der Waals surface area contributed by atoms with Gasteiger partial charge in [-0.05, 0) is 31.4 Å². The first-order valence-electron chi connectivity index (χ1n) is 6.62. The molecule has 1 saturated carbocycles. The summed E-state index contributed by atoms with van der Waals surface area (Å²) in [5.41, 5.74) is 1.38. The maximum absolute atomic E-state index is 11.7. The Morgan fingerprint density at radius 2 is 2.16 bits per heavy atom. The molecule has 0 aliphatic heterocycles. The van der Waals surface area contributed by atoms with Gasteiger partial charge in [-0.15, -0.1) is 0 Å². The van der Waals surface area contributed by atoms with E-state index in [1.165, 1.54) is 0 Å². The lowest BCUT2D eigenvalue weighted by molar-refractivity contribution is -0.121. The van der Waals surface area contributed by atoms with E-state index in [4.69, 9.17) is 4.42 Å². The lowest BCUT2D eigenvalue weighted by Crippen LogP contribution is -2.25. The van der Waals surface area contributed by atoms with Crippen molar-refractivity contribution in [2.75, 3.05) is 0 Å². The largest absolute Gasteiger partial charge is 0.419 e. The van der Waals surface area contributed by atoms with Crippen LogP contribution in [0, 0.1) is 0 Å². The number of fused-ring (bicyclic) bond motifs is 1. The quantitative estimate of drug-likeness (QED) is 0.889. The van der Waals surface area contributed by atoms with Gasteiger partial charge in [0, 0.05) is 19.0 Å².